The number of urea groups is 1. The van der Waals surface area contributed by atoms with Crippen LogP contribution in [0.2, 0.25) is 0 Å². The zero-order chi connectivity index (χ0) is 16.0. The van der Waals surface area contributed by atoms with Crippen molar-refractivity contribution >= 4 is 34.6 Å². The van der Waals surface area contributed by atoms with Crippen molar-refractivity contribution in [3.63, 3.8) is 0 Å². The van der Waals surface area contributed by atoms with Gasteiger partial charge in [-0.05, 0) is 35.9 Å². The third-order valence-electron chi connectivity index (χ3n) is 4.40. The molecule has 2 aromatic rings. The normalized spacial score (nSPS) is 24.0. The molecule has 5 nitrogen and oxygen atoms in total. The smallest absolute Gasteiger partial charge is 0.322 e. The molecule has 1 atom stereocenters. The Labute approximate surface area is 136 Å². The van der Waals surface area contributed by atoms with E-state index in [0.29, 0.717) is 28.6 Å². The number of hydrogen-bond acceptors (Lipinski definition) is 4. The molecule has 2 aliphatic rings. The number of halogens is 1. The van der Waals surface area contributed by atoms with Gasteiger partial charge in [-0.2, -0.15) is 11.8 Å². The van der Waals surface area contributed by atoms with Gasteiger partial charge in [0, 0.05) is 17.3 Å². The van der Waals surface area contributed by atoms with Crippen molar-refractivity contribution in [2.75, 3.05) is 11.5 Å². The van der Waals surface area contributed by atoms with Crippen LogP contribution in [0.4, 0.5) is 9.18 Å². The lowest BCUT2D eigenvalue weighted by Crippen LogP contribution is -2.46. The minimum atomic E-state index is -0.759. The minimum absolute atomic E-state index is 0.102. The Bertz CT molecular complexity index is 820. The third-order valence-corrected chi connectivity index (χ3v) is 5.59. The van der Waals surface area contributed by atoms with Gasteiger partial charge in [-0.15, -0.1) is 0 Å². The van der Waals surface area contributed by atoms with Gasteiger partial charge in [0.15, 0.2) is 0 Å². The molecule has 7 heteroatoms. The van der Waals surface area contributed by atoms with Crippen LogP contribution in [0.1, 0.15) is 12.0 Å². The van der Waals surface area contributed by atoms with Gasteiger partial charge >= 0.3 is 6.03 Å². The summed E-state index contributed by atoms with van der Waals surface area (Å²) in [4.78, 5) is 30.4. The molecule has 2 fully saturated rings. The number of rotatable bonds is 2. The molecule has 2 aliphatic heterocycles. The van der Waals surface area contributed by atoms with Crippen molar-refractivity contribution in [1.29, 1.82) is 0 Å². The van der Waals surface area contributed by atoms with Gasteiger partial charge in [0.2, 0.25) is 0 Å². The predicted octanol–water partition coefficient (Wildman–Crippen LogP) is 2.30. The van der Waals surface area contributed by atoms with Crippen LogP contribution >= 0.6 is 11.8 Å². The molecule has 1 aromatic carbocycles. The summed E-state index contributed by atoms with van der Waals surface area (Å²) in [6.45, 7) is 0.102. The van der Waals surface area contributed by atoms with E-state index in [9.17, 15) is 14.0 Å². The SMILES string of the molecule is O=C1N[C@]2(CCSC2)C(=O)N1Cc1ccc(F)c2cccnc12. The lowest BCUT2D eigenvalue weighted by Gasteiger charge is -2.19. The number of aromatic nitrogens is 1. The summed E-state index contributed by atoms with van der Waals surface area (Å²) in [7, 11) is 0. The second-order valence-electron chi connectivity index (χ2n) is 5.81. The van der Waals surface area contributed by atoms with Gasteiger partial charge in [-0.3, -0.25) is 14.7 Å². The van der Waals surface area contributed by atoms with E-state index in [2.05, 4.69) is 10.3 Å². The van der Waals surface area contributed by atoms with E-state index in [1.165, 1.54) is 11.0 Å². The van der Waals surface area contributed by atoms with Crippen molar-refractivity contribution in [2.45, 2.75) is 18.5 Å². The molecule has 118 valence electrons. The quantitative estimate of drug-likeness (QED) is 0.858. The molecule has 3 heterocycles. The minimum Gasteiger partial charge on any atom is -0.322 e. The predicted molar refractivity (Wildman–Crippen MR) is 85.5 cm³/mol. The summed E-state index contributed by atoms with van der Waals surface area (Å²) < 4.78 is 13.9. The molecule has 1 aromatic heterocycles. The molecule has 0 radical (unpaired) electrons. The number of amides is 3. The van der Waals surface area contributed by atoms with Gasteiger partial charge in [0.05, 0.1) is 12.1 Å². The molecule has 1 spiro atoms. The topological polar surface area (TPSA) is 62.3 Å². The Morgan fingerprint density at radius 3 is 3.00 bits per heavy atom. The Kier molecular flexibility index (Phi) is 3.26. The van der Waals surface area contributed by atoms with Crippen LogP contribution in [-0.2, 0) is 11.3 Å². The average Bonchev–Trinajstić information content (AvgIpc) is 3.11. The standard InChI is InChI=1S/C16H14FN3O2S/c17-12-4-3-10(13-11(12)2-1-6-18-13)8-20-14(21)16(19-15(20)22)5-7-23-9-16/h1-4,6H,5,7-9H2,(H,19,22)/t16-/m0/s1. The van der Waals surface area contributed by atoms with Gasteiger partial charge in [0.25, 0.3) is 5.91 Å². The number of benzene rings is 1. The maximum atomic E-state index is 13.9. The van der Waals surface area contributed by atoms with Crippen LogP contribution in [0.3, 0.4) is 0 Å². The van der Waals surface area contributed by atoms with Gasteiger partial charge in [-0.1, -0.05) is 6.07 Å². The fourth-order valence-corrected chi connectivity index (χ4v) is 4.47. The summed E-state index contributed by atoms with van der Waals surface area (Å²) in [5.74, 6) is 0.913. The summed E-state index contributed by atoms with van der Waals surface area (Å²) >= 11 is 1.66. The second kappa shape index (κ2) is 5.19. The first kappa shape index (κ1) is 14.4. The monoisotopic (exact) mass is 331 g/mol. The molecule has 3 amide bonds. The van der Waals surface area contributed by atoms with Gasteiger partial charge in [0.1, 0.15) is 11.4 Å². The Morgan fingerprint density at radius 2 is 2.22 bits per heavy atom. The summed E-state index contributed by atoms with van der Waals surface area (Å²) in [5.41, 5.74) is 0.383. The first-order chi connectivity index (χ1) is 11.1. The zero-order valence-corrected chi connectivity index (χ0v) is 13.0. The first-order valence-electron chi connectivity index (χ1n) is 7.35. The number of carbonyl (C=O) groups excluding carboxylic acids is 2. The number of imide groups is 1. The highest BCUT2D eigenvalue weighted by atomic mass is 32.2. The Hall–Kier alpha value is -2.15. The van der Waals surface area contributed by atoms with Crippen LogP contribution in [-0.4, -0.2) is 38.9 Å². The second-order valence-corrected chi connectivity index (χ2v) is 6.92. The third kappa shape index (κ3) is 2.18. The number of hydrogen-bond donors (Lipinski definition) is 1. The van der Waals surface area contributed by atoms with Crippen LogP contribution in [0.15, 0.2) is 30.5 Å². The number of thioether (sulfide) groups is 1. The highest BCUT2D eigenvalue weighted by Gasteiger charge is 2.52. The number of nitrogens with one attached hydrogen (secondary N) is 1. The lowest BCUT2D eigenvalue weighted by atomic mass is 9.99. The van der Waals surface area contributed by atoms with E-state index in [1.807, 2.05) is 0 Å². The first-order valence-corrected chi connectivity index (χ1v) is 8.50. The molecule has 0 saturated carbocycles. The highest BCUT2D eigenvalue weighted by molar-refractivity contribution is 7.99. The van der Waals surface area contributed by atoms with Gasteiger partial charge < -0.3 is 5.32 Å². The molecule has 0 unspecified atom stereocenters. The van der Waals surface area contributed by atoms with Gasteiger partial charge in [-0.25, -0.2) is 9.18 Å². The van der Waals surface area contributed by atoms with E-state index in [4.69, 9.17) is 0 Å². The van der Waals surface area contributed by atoms with Crippen LogP contribution < -0.4 is 5.32 Å². The van der Waals surface area contributed by atoms with E-state index in [-0.39, 0.29) is 24.3 Å². The number of pyridine rings is 1. The number of carbonyl (C=O) groups is 2. The fourth-order valence-electron chi connectivity index (χ4n) is 3.15. The maximum absolute atomic E-state index is 13.9. The largest absolute Gasteiger partial charge is 0.325 e. The van der Waals surface area contributed by atoms with Crippen molar-refractivity contribution in [1.82, 2.24) is 15.2 Å². The Morgan fingerprint density at radius 1 is 1.35 bits per heavy atom. The van der Waals surface area contributed by atoms with Crippen LogP contribution in [0.25, 0.3) is 10.9 Å². The van der Waals surface area contributed by atoms with Crippen molar-refractivity contribution in [2.24, 2.45) is 0 Å². The van der Waals surface area contributed by atoms with Crippen molar-refractivity contribution in [3.05, 3.63) is 41.8 Å². The highest BCUT2D eigenvalue weighted by Crippen LogP contribution is 2.34. The number of fused-ring (bicyclic) bond motifs is 1. The molecular weight excluding hydrogens is 317 g/mol. The molecule has 23 heavy (non-hydrogen) atoms. The molecule has 0 bridgehead atoms. The van der Waals surface area contributed by atoms with Crippen LogP contribution in [0, 0.1) is 5.82 Å². The van der Waals surface area contributed by atoms with Crippen LogP contribution in [0.5, 0.6) is 0 Å². The lowest BCUT2D eigenvalue weighted by molar-refractivity contribution is -0.130. The van der Waals surface area contributed by atoms with E-state index in [0.717, 1.165) is 5.75 Å². The van der Waals surface area contributed by atoms with E-state index in [1.54, 1.807) is 36.2 Å². The van der Waals surface area contributed by atoms with E-state index < -0.39 is 5.54 Å². The zero-order valence-electron chi connectivity index (χ0n) is 12.2. The fraction of sp³-hybridized carbons (Fsp3) is 0.312. The summed E-state index contributed by atoms with van der Waals surface area (Å²) in [6.07, 6.45) is 2.23. The summed E-state index contributed by atoms with van der Waals surface area (Å²) in [6, 6.07) is 5.85. The average molecular weight is 331 g/mol. The molecular formula is C16H14FN3O2S. The molecule has 0 aliphatic carbocycles. The Balaban J connectivity index is 1.70. The number of nitrogens with zero attached hydrogens (tertiary/aromatic N) is 2. The van der Waals surface area contributed by atoms with Crippen molar-refractivity contribution in [3.8, 4) is 0 Å². The summed E-state index contributed by atoms with van der Waals surface area (Å²) in [5, 5.41) is 3.22. The van der Waals surface area contributed by atoms with Crippen molar-refractivity contribution < 1.29 is 14.0 Å². The molecule has 1 N–H and O–H groups in total. The van der Waals surface area contributed by atoms with E-state index >= 15 is 0 Å². The molecule has 4 rings (SSSR count). The maximum Gasteiger partial charge on any atom is 0.325 e. The molecule has 2 saturated heterocycles.